The molecule has 0 fully saturated rings. The standard InChI is InChI=1S/C21H35N3O5/c1-9-14-27-16-13-11-10-12-15(16)24(8)17(22-18(25)28-20(2,3)4)23-19(26)29-21(5,6)7/h10-13,17H,9,14H2,1-8H3,(H,22,25)(H,23,26). The zero-order chi connectivity index (χ0) is 22.2. The van der Waals surface area contributed by atoms with Gasteiger partial charge in [0.05, 0.1) is 12.3 Å². The van der Waals surface area contributed by atoms with Crippen LogP contribution in [0.5, 0.6) is 5.75 Å². The number of ether oxygens (including phenoxy) is 3. The molecule has 0 bridgehead atoms. The number of rotatable bonds is 7. The highest BCUT2D eigenvalue weighted by Crippen LogP contribution is 2.28. The van der Waals surface area contributed by atoms with Crippen LogP contribution in [0.2, 0.25) is 0 Å². The van der Waals surface area contributed by atoms with E-state index >= 15 is 0 Å². The normalized spacial score (nSPS) is 11.6. The highest BCUT2D eigenvalue weighted by atomic mass is 16.6. The van der Waals surface area contributed by atoms with Crippen LogP contribution in [-0.2, 0) is 9.47 Å². The number of carbonyl (C=O) groups excluding carboxylic acids is 2. The zero-order valence-corrected chi connectivity index (χ0v) is 18.8. The fourth-order valence-electron chi connectivity index (χ4n) is 2.29. The number of para-hydroxylation sites is 2. The predicted molar refractivity (Wildman–Crippen MR) is 113 cm³/mol. The first-order valence-electron chi connectivity index (χ1n) is 9.76. The Balaban J connectivity index is 3.09. The van der Waals surface area contributed by atoms with Gasteiger partial charge < -0.3 is 19.1 Å². The Labute approximate surface area is 173 Å². The first-order chi connectivity index (χ1) is 13.3. The van der Waals surface area contributed by atoms with Crippen LogP contribution in [0.1, 0.15) is 54.9 Å². The Bertz CT molecular complexity index is 650. The first-order valence-corrected chi connectivity index (χ1v) is 9.76. The van der Waals surface area contributed by atoms with Crippen LogP contribution in [0.3, 0.4) is 0 Å². The van der Waals surface area contributed by atoms with Crippen LogP contribution in [0.4, 0.5) is 15.3 Å². The molecule has 0 aliphatic rings. The molecule has 2 N–H and O–H groups in total. The van der Waals surface area contributed by atoms with Gasteiger partial charge in [0, 0.05) is 7.05 Å². The Morgan fingerprint density at radius 1 is 0.966 bits per heavy atom. The minimum atomic E-state index is -0.925. The Kier molecular flexibility index (Phi) is 8.60. The summed E-state index contributed by atoms with van der Waals surface area (Å²) in [7, 11) is 1.73. The van der Waals surface area contributed by atoms with Gasteiger partial charge >= 0.3 is 12.2 Å². The van der Waals surface area contributed by atoms with Gasteiger partial charge in [0.25, 0.3) is 0 Å². The number of benzene rings is 1. The summed E-state index contributed by atoms with van der Waals surface area (Å²) in [6.07, 6.45) is -1.41. The van der Waals surface area contributed by atoms with E-state index in [1.54, 1.807) is 53.5 Å². The van der Waals surface area contributed by atoms with E-state index in [-0.39, 0.29) is 0 Å². The van der Waals surface area contributed by atoms with E-state index in [9.17, 15) is 9.59 Å². The molecular weight excluding hydrogens is 374 g/mol. The van der Waals surface area contributed by atoms with Gasteiger partial charge in [0.1, 0.15) is 17.0 Å². The van der Waals surface area contributed by atoms with Crippen molar-refractivity contribution in [2.24, 2.45) is 0 Å². The third-order valence-corrected chi connectivity index (χ3v) is 3.40. The van der Waals surface area contributed by atoms with Crippen molar-refractivity contribution in [1.29, 1.82) is 0 Å². The van der Waals surface area contributed by atoms with Crippen molar-refractivity contribution in [3.8, 4) is 5.75 Å². The van der Waals surface area contributed by atoms with Gasteiger partial charge in [0.2, 0.25) is 0 Å². The van der Waals surface area contributed by atoms with Gasteiger partial charge in [-0.1, -0.05) is 19.1 Å². The minimum absolute atomic E-state index is 0.550. The maximum Gasteiger partial charge on any atom is 0.410 e. The van der Waals surface area contributed by atoms with Crippen LogP contribution in [0, 0.1) is 0 Å². The molecule has 1 aromatic rings. The van der Waals surface area contributed by atoms with Crippen LogP contribution in [0.25, 0.3) is 0 Å². The summed E-state index contributed by atoms with van der Waals surface area (Å²) in [5, 5.41) is 5.34. The molecule has 0 unspecified atom stereocenters. The number of nitrogens with zero attached hydrogens (tertiary/aromatic N) is 1. The number of hydrogen-bond acceptors (Lipinski definition) is 6. The second-order valence-electron chi connectivity index (χ2n) is 8.62. The number of nitrogens with one attached hydrogen (secondary N) is 2. The predicted octanol–water partition coefficient (Wildman–Crippen LogP) is 4.24. The molecule has 0 aliphatic heterocycles. The number of alkyl carbamates (subject to hydrolysis) is 2. The number of amides is 2. The molecule has 2 amide bonds. The summed E-state index contributed by atoms with van der Waals surface area (Å²) in [5.41, 5.74) is -0.666. The average molecular weight is 410 g/mol. The summed E-state index contributed by atoms with van der Waals surface area (Å²) in [5.74, 6) is 0.638. The van der Waals surface area contributed by atoms with Crippen LogP contribution >= 0.6 is 0 Å². The Hall–Kier alpha value is -2.64. The van der Waals surface area contributed by atoms with Gasteiger partial charge in [-0.25, -0.2) is 9.59 Å². The quantitative estimate of drug-likeness (QED) is 0.655. The van der Waals surface area contributed by atoms with Crippen molar-refractivity contribution >= 4 is 17.9 Å². The zero-order valence-electron chi connectivity index (χ0n) is 18.8. The lowest BCUT2D eigenvalue weighted by molar-refractivity contribution is 0.0425. The topological polar surface area (TPSA) is 89.1 Å². The molecule has 0 radical (unpaired) electrons. The van der Waals surface area contributed by atoms with E-state index < -0.39 is 29.7 Å². The minimum Gasteiger partial charge on any atom is -0.491 e. The molecule has 0 heterocycles. The number of anilines is 1. The highest BCUT2D eigenvalue weighted by Gasteiger charge is 2.27. The molecule has 164 valence electrons. The molecule has 0 aromatic heterocycles. The van der Waals surface area contributed by atoms with E-state index in [2.05, 4.69) is 10.6 Å². The lowest BCUT2D eigenvalue weighted by Gasteiger charge is -2.33. The summed E-state index contributed by atoms with van der Waals surface area (Å²) < 4.78 is 16.5. The van der Waals surface area contributed by atoms with E-state index in [0.29, 0.717) is 18.0 Å². The molecule has 0 saturated carbocycles. The maximum atomic E-state index is 12.3. The Morgan fingerprint density at radius 3 is 1.90 bits per heavy atom. The van der Waals surface area contributed by atoms with E-state index in [0.717, 1.165) is 6.42 Å². The fraction of sp³-hybridized carbons (Fsp3) is 0.619. The molecule has 0 spiro atoms. The average Bonchev–Trinajstić information content (AvgIpc) is 2.55. The van der Waals surface area contributed by atoms with Crippen LogP contribution in [0.15, 0.2) is 24.3 Å². The molecule has 8 nitrogen and oxygen atoms in total. The van der Waals surface area contributed by atoms with Gasteiger partial charge in [0.15, 0.2) is 6.29 Å². The summed E-state index contributed by atoms with van der Waals surface area (Å²) >= 11 is 0. The summed E-state index contributed by atoms with van der Waals surface area (Å²) in [4.78, 5) is 26.4. The molecule has 1 rings (SSSR count). The Morgan fingerprint density at radius 2 is 1.45 bits per heavy atom. The first kappa shape index (κ1) is 24.4. The van der Waals surface area contributed by atoms with Crippen molar-refractivity contribution in [3.63, 3.8) is 0 Å². The highest BCUT2D eigenvalue weighted by molar-refractivity contribution is 5.73. The SMILES string of the molecule is CCCOc1ccccc1N(C)C(NC(=O)OC(C)(C)C)NC(=O)OC(C)(C)C. The number of carbonyl (C=O) groups is 2. The van der Waals surface area contributed by atoms with Crippen LogP contribution in [-0.4, -0.2) is 43.3 Å². The largest absolute Gasteiger partial charge is 0.491 e. The van der Waals surface area contributed by atoms with E-state index in [1.165, 1.54) is 0 Å². The van der Waals surface area contributed by atoms with Gasteiger partial charge in [-0.2, -0.15) is 0 Å². The number of hydrogen-bond donors (Lipinski definition) is 2. The van der Waals surface area contributed by atoms with Gasteiger partial charge in [-0.15, -0.1) is 0 Å². The molecule has 0 atom stereocenters. The van der Waals surface area contributed by atoms with Crippen LogP contribution < -0.4 is 20.3 Å². The second-order valence-corrected chi connectivity index (χ2v) is 8.62. The van der Waals surface area contributed by atoms with Gasteiger partial charge in [-0.3, -0.25) is 10.6 Å². The molecule has 29 heavy (non-hydrogen) atoms. The maximum absolute atomic E-state index is 12.3. The lowest BCUT2D eigenvalue weighted by Crippen LogP contribution is -2.58. The van der Waals surface area contributed by atoms with E-state index in [1.807, 2.05) is 31.2 Å². The summed E-state index contributed by atoms with van der Waals surface area (Å²) in [6.45, 7) is 13.2. The smallest absolute Gasteiger partial charge is 0.410 e. The second kappa shape index (κ2) is 10.2. The van der Waals surface area contributed by atoms with Crippen molar-refractivity contribution in [1.82, 2.24) is 10.6 Å². The van der Waals surface area contributed by atoms with E-state index in [4.69, 9.17) is 14.2 Å². The van der Waals surface area contributed by atoms with Crippen molar-refractivity contribution in [3.05, 3.63) is 24.3 Å². The molecule has 0 aliphatic carbocycles. The molecular formula is C21H35N3O5. The van der Waals surface area contributed by atoms with Crippen molar-refractivity contribution in [2.75, 3.05) is 18.6 Å². The van der Waals surface area contributed by atoms with Gasteiger partial charge in [-0.05, 0) is 60.1 Å². The molecule has 0 saturated heterocycles. The lowest BCUT2D eigenvalue weighted by atomic mass is 10.2. The molecule has 8 heteroatoms. The third-order valence-electron chi connectivity index (χ3n) is 3.40. The third kappa shape index (κ3) is 9.40. The van der Waals surface area contributed by atoms with Crippen molar-refractivity contribution < 1.29 is 23.8 Å². The summed E-state index contributed by atoms with van der Waals surface area (Å²) in [6, 6.07) is 7.38. The fourth-order valence-corrected chi connectivity index (χ4v) is 2.29. The molecule has 1 aromatic carbocycles. The van der Waals surface area contributed by atoms with Crippen molar-refractivity contribution in [2.45, 2.75) is 72.4 Å². The monoisotopic (exact) mass is 409 g/mol.